The Hall–Kier alpha value is -2.43. The summed E-state index contributed by atoms with van der Waals surface area (Å²) >= 11 is 0. The Bertz CT molecular complexity index is 764. The normalized spacial score (nSPS) is 15.3. The number of hydrogen-bond acceptors (Lipinski definition) is 3. The first-order valence-electron chi connectivity index (χ1n) is 8.60. The SMILES string of the molecule is Cc1c(F)cc(C=N)c(Nc2ccc(N3CCC(C)CC3)cc2)c1F. The molecule has 3 rings (SSSR count). The Labute approximate surface area is 147 Å². The molecule has 3 nitrogen and oxygen atoms in total. The number of rotatable bonds is 4. The van der Waals surface area contributed by atoms with E-state index in [9.17, 15) is 8.78 Å². The molecule has 2 aromatic rings. The fraction of sp³-hybridized carbons (Fsp3) is 0.350. The van der Waals surface area contributed by atoms with Gasteiger partial charge < -0.3 is 15.6 Å². The number of nitrogens with one attached hydrogen (secondary N) is 2. The lowest BCUT2D eigenvalue weighted by atomic mass is 9.99. The number of piperidine rings is 1. The van der Waals surface area contributed by atoms with Crippen LogP contribution in [-0.2, 0) is 0 Å². The van der Waals surface area contributed by atoms with Gasteiger partial charge in [-0.15, -0.1) is 0 Å². The fourth-order valence-electron chi connectivity index (χ4n) is 3.14. The third kappa shape index (κ3) is 3.65. The molecule has 1 aliphatic heterocycles. The lowest BCUT2D eigenvalue weighted by Gasteiger charge is -2.32. The molecule has 0 amide bonds. The Morgan fingerprint density at radius 3 is 2.40 bits per heavy atom. The van der Waals surface area contributed by atoms with E-state index < -0.39 is 11.6 Å². The highest BCUT2D eigenvalue weighted by Crippen LogP contribution is 2.29. The fourth-order valence-corrected chi connectivity index (χ4v) is 3.14. The van der Waals surface area contributed by atoms with Gasteiger partial charge in [-0.2, -0.15) is 0 Å². The molecule has 1 aliphatic rings. The standard InChI is InChI=1S/C20H23F2N3/c1-13-7-9-25(10-8-13)17-5-3-16(4-6-17)24-20-15(12-23)11-18(21)14(2)19(20)22/h3-6,11-13,23-24H,7-10H2,1-2H3. The largest absolute Gasteiger partial charge is 0.372 e. The zero-order chi connectivity index (χ0) is 18.0. The van der Waals surface area contributed by atoms with Gasteiger partial charge in [0, 0.05) is 41.8 Å². The Morgan fingerprint density at radius 2 is 1.80 bits per heavy atom. The van der Waals surface area contributed by atoms with Gasteiger partial charge in [-0.3, -0.25) is 0 Å². The first kappa shape index (κ1) is 17.4. The summed E-state index contributed by atoms with van der Waals surface area (Å²) in [5.41, 5.74) is 2.14. The Kier molecular flexibility index (Phi) is 5.02. The first-order valence-corrected chi connectivity index (χ1v) is 8.60. The van der Waals surface area contributed by atoms with E-state index in [-0.39, 0.29) is 16.8 Å². The van der Waals surface area contributed by atoms with Gasteiger partial charge in [0.1, 0.15) is 5.82 Å². The third-order valence-electron chi connectivity index (χ3n) is 4.92. The number of benzene rings is 2. The van der Waals surface area contributed by atoms with Crippen molar-refractivity contribution in [1.82, 2.24) is 0 Å². The van der Waals surface area contributed by atoms with Crippen LogP contribution in [0.2, 0.25) is 0 Å². The first-order chi connectivity index (χ1) is 12.0. The highest BCUT2D eigenvalue weighted by atomic mass is 19.1. The highest BCUT2D eigenvalue weighted by molar-refractivity contribution is 5.88. The van der Waals surface area contributed by atoms with Crippen LogP contribution >= 0.6 is 0 Å². The summed E-state index contributed by atoms with van der Waals surface area (Å²) in [6, 6.07) is 8.98. The molecule has 0 atom stereocenters. The molecule has 1 fully saturated rings. The number of anilines is 3. The summed E-state index contributed by atoms with van der Waals surface area (Å²) in [7, 11) is 0. The lowest BCUT2D eigenvalue weighted by Crippen LogP contribution is -2.32. The maximum absolute atomic E-state index is 14.4. The molecule has 0 unspecified atom stereocenters. The zero-order valence-electron chi connectivity index (χ0n) is 14.6. The van der Waals surface area contributed by atoms with Crippen LogP contribution in [0.1, 0.15) is 30.9 Å². The van der Waals surface area contributed by atoms with Gasteiger partial charge in [0.15, 0.2) is 5.82 Å². The van der Waals surface area contributed by atoms with E-state index in [0.29, 0.717) is 5.69 Å². The van der Waals surface area contributed by atoms with Gasteiger partial charge in [-0.05, 0) is 56.0 Å². The van der Waals surface area contributed by atoms with Crippen molar-refractivity contribution in [3.05, 3.63) is 53.1 Å². The molecule has 0 spiro atoms. The molecule has 25 heavy (non-hydrogen) atoms. The second-order valence-electron chi connectivity index (χ2n) is 6.75. The van der Waals surface area contributed by atoms with E-state index in [4.69, 9.17) is 5.41 Å². The molecule has 0 radical (unpaired) electrons. The molecular weight excluding hydrogens is 320 g/mol. The number of hydrogen-bond donors (Lipinski definition) is 2. The van der Waals surface area contributed by atoms with Crippen LogP contribution < -0.4 is 10.2 Å². The van der Waals surface area contributed by atoms with Gasteiger partial charge in [0.25, 0.3) is 0 Å². The van der Waals surface area contributed by atoms with E-state index in [1.807, 2.05) is 24.3 Å². The van der Waals surface area contributed by atoms with Crippen molar-refractivity contribution in [3.8, 4) is 0 Å². The lowest BCUT2D eigenvalue weighted by molar-refractivity contribution is 0.438. The van der Waals surface area contributed by atoms with Crippen LogP contribution in [0.5, 0.6) is 0 Å². The average molecular weight is 343 g/mol. The molecule has 2 N–H and O–H groups in total. The number of nitrogens with zero attached hydrogens (tertiary/aromatic N) is 1. The molecule has 0 saturated carbocycles. The average Bonchev–Trinajstić information content (AvgIpc) is 2.63. The van der Waals surface area contributed by atoms with Gasteiger partial charge >= 0.3 is 0 Å². The van der Waals surface area contributed by atoms with Gasteiger partial charge in [-0.1, -0.05) is 6.92 Å². The molecule has 0 aliphatic carbocycles. The number of halogens is 2. The van der Waals surface area contributed by atoms with Crippen LogP contribution in [0.15, 0.2) is 30.3 Å². The molecule has 0 aromatic heterocycles. The van der Waals surface area contributed by atoms with Gasteiger partial charge in [0.05, 0.1) is 5.69 Å². The van der Waals surface area contributed by atoms with Gasteiger partial charge in [-0.25, -0.2) is 8.78 Å². The van der Waals surface area contributed by atoms with Crippen LogP contribution in [0, 0.1) is 29.9 Å². The van der Waals surface area contributed by atoms with Crippen molar-refractivity contribution in [2.24, 2.45) is 5.92 Å². The van der Waals surface area contributed by atoms with E-state index in [1.54, 1.807) is 0 Å². The minimum Gasteiger partial charge on any atom is -0.372 e. The molecule has 5 heteroatoms. The summed E-state index contributed by atoms with van der Waals surface area (Å²) in [5.74, 6) is -0.523. The predicted octanol–water partition coefficient (Wildman–Crippen LogP) is 5.25. The van der Waals surface area contributed by atoms with Gasteiger partial charge in [0.2, 0.25) is 0 Å². The minimum absolute atomic E-state index is 0.0489. The monoisotopic (exact) mass is 343 g/mol. The van der Waals surface area contributed by atoms with Crippen LogP contribution in [0.25, 0.3) is 0 Å². The second kappa shape index (κ2) is 7.21. The van der Waals surface area contributed by atoms with E-state index in [1.165, 1.54) is 25.8 Å². The summed E-state index contributed by atoms with van der Waals surface area (Å²) in [5, 5.41) is 10.4. The maximum Gasteiger partial charge on any atom is 0.153 e. The molecule has 1 saturated heterocycles. The Morgan fingerprint density at radius 1 is 1.16 bits per heavy atom. The minimum atomic E-state index is -0.660. The maximum atomic E-state index is 14.4. The van der Waals surface area contributed by atoms with Crippen molar-refractivity contribution in [3.63, 3.8) is 0 Å². The zero-order valence-corrected chi connectivity index (χ0v) is 14.6. The van der Waals surface area contributed by atoms with E-state index in [0.717, 1.165) is 30.9 Å². The van der Waals surface area contributed by atoms with Crippen LogP contribution in [-0.4, -0.2) is 19.3 Å². The van der Waals surface area contributed by atoms with Crippen molar-refractivity contribution >= 4 is 23.3 Å². The smallest absolute Gasteiger partial charge is 0.153 e. The summed E-state index contributed by atoms with van der Waals surface area (Å²) in [6.45, 7) is 5.78. The Balaban J connectivity index is 1.80. The predicted molar refractivity (Wildman–Crippen MR) is 99.3 cm³/mol. The van der Waals surface area contributed by atoms with Crippen molar-refractivity contribution < 1.29 is 8.78 Å². The summed E-state index contributed by atoms with van der Waals surface area (Å²) < 4.78 is 28.0. The topological polar surface area (TPSA) is 39.1 Å². The molecule has 132 valence electrons. The highest BCUT2D eigenvalue weighted by Gasteiger charge is 2.17. The molecular formula is C20H23F2N3. The molecule has 1 heterocycles. The molecule has 0 bridgehead atoms. The third-order valence-corrected chi connectivity index (χ3v) is 4.92. The summed E-state index contributed by atoms with van der Waals surface area (Å²) in [6.07, 6.45) is 3.35. The van der Waals surface area contributed by atoms with Crippen molar-refractivity contribution in [1.29, 1.82) is 5.41 Å². The van der Waals surface area contributed by atoms with E-state index in [2.05, 4.69) is 17.1 Å². The van der Waals surface area contributed by atoms with Crippen LogP contribution in [0.3, 0.4) is 0 Å². The van der Waals surface area contributed by atoms with Crippen molar-refractivity contribution in [2.45, 2.75) is 26.7 Å². The van der Waals surface area contributed by atoms with Crippen LogP contribution in [0.4, 0.5) is 25.8 Å². The van der Waals surface area contributed by atoms with E-state index >= 15 is 0 Å². The molecule has 2 aromatic carbocycles. The second-order valence-corrected chi connectivity index (χ2v) is 6.75. The quantitative estimate of drug-likeness (QED) is 0.744. The van der Waals surface area contributed by atoms with Crippen molar-refractivity contribution in [2.75, 3.05) is 23.3 Å². The summed E-state index contributed by atoms with van der Waals surface area (Å²) in [4.78, 5) is 2.36.